The van der Waals surface area contributed by atoms with Crippen LogP contribution in [-0.2, 0) is 14.1 Å². The van der Waals surface area contributed by atoms with Gasteiger partial charge >= 0.3 is 5.69 Å². The van der Waals surface area contributed by atoms with Gasteiger partial charge in [-0.15, -0.1) is 10.2 Å². The number of aryl methyl sites for hydroxylation is 1. The number of halogens is 2. The van der Waals surface area contributed by atoms with Crippen LogP contribution < -0.4 is 11.2 Å². The molecule has 0 aliphatic heterocycles. The monoisotopic (exact) mass is 453 g/mol. The highest BCUT2D eigenvalue weighted by Crippen LogP contribution is 2.40. The van der Waals surface area contributed by atoms with E-state index in [0.29, 0.717) is 5.82 Å². The van der Waals surface area contributed by atoms with Gasteiger partial charge in [0.2, 0.25) is 0 Å². The Morgan fingerprint density at radius 2 is 1.62 bits per heavy atom. The molecule has 3 rings (SSSR count). The quantitative estimate of drug-likeness (QED) is 0.565. The molecule has 0 aliphatic carbocycles. The van der Waals surface area contributed by atoms with Crippen LogP contribution in [0.5, 0.6) is 0 Å². The minimum Gasteiger partial charge on any atom is -0.278 e. The van der Waals surface area contributed by atoms with E-state index >= 15 is 0 Å². The number of hydrogen-bond donors (Lipinski definition) is 0. The van der Waals surface area contributed by atoms with Crippen LogP contribution in [0.4, 0.5) is 0 Å². The number of nitrogens with zero attached hydrogens (tertiary/aromatic N) is 5. The summed E-state index contributed by atoms with van der Waals surface area (Å²) >= 11 is 7.18. The number of benzene rings is 1. The zero-order valence-corrected chi connectivity index (χ0v) is 16.0. The molecule has 2 atom stereocenters. The van der Waals surface area contributed by atoms with Crippen molar-refractivity contribution in [2.24, 2.45) is 14.1 Å². The van der Waals surface area contributed by atoms with E-state index in [1.165, 1.54) is 18.7 Å². The summed E-state index contributed by atoms with van der Waals surface area (Å²) in [5.41, 5.74) is 0.361. The number of aromatic nitrogens is 5. The third kappa shape index (κ3) is 2.82. The van der Waals surface area contributed by atoms with Crippen molar-refractivity contribution < 1.29 is 0 Å². The van der Waals surface area contributed by atoms with Crippen molar-refractivity contribution >= 4 is 43.0 Å². The van der Waals surface area contributed by atoms with E-state index in [-0.39, 0.29) is 20.8 Å². The van der Waals surface area contributed by atoms with Crippen LogP contribution in [0.15, 0.2) is 39.9 Å². The first-order chi connectivity index (χ1) is 11.4. The van der Waals surface area contributed by atoms with E-state index in [4.69, 9.17) is 0 Å². The van der Waals surface area contributed by atoms with Gasteiger partial charge in [-0.1, -0.05) is 62.2 Å². The van der Waals surface area contributed by atoms with Gasteiger partial charge in [-0.05, 0) is 5.56 Å². The molecule has 0 radical (unpaired) electrons. The number of rotatable bonds is 3. The van der Waals surface area contributed by atoms with Crippen molar-refractivity contribution in [3.05, 3.63) is 62.6 Å². The Kier molecular flexibility index (Phi) is 4.64. The lowest BCUT2D eigenvalue weighted by molar-refractivity contribution is 0.690. The van der Waals surface area contributed by atoms with Crippen LogP contribution in [-0.4, -0.2) is 24.3 Å². The standard InChI is InChI=1S/C15H13Br2N5O2/c1-21-13-11(14(23)22(2)15(21)24)18-12(19-20-13)10(17)9(16)8-6-4-3-5-7-8/h3-7,9-10H,1-2H3. The zero-order valence-electron chi connectivity index (χ0n) is 12.8. The lowest BCUT2D eigenvalue weighted by Gasteiger charge is -2.16. The van der Waals surface area contributed by atoms with Crippen LogP contribution in [0.25, 0.3) is 11.2 Å². The topological polar surface area (TPSA) is 82.7 Å². The third-order valence-electron chi connectivity index (χ3n) is 3.71. The van der Waals surface area contributed by atoms with Crippen molar-refractivity contribution in [2.75, 3.05) is 0 Å². The predicted molar refractivity (Wildman–Crippen MR) is 97.6 cm³/mol. The first-order valence-corrected chi connectivity index (χ1v) is 8.88. The average molecular weight is 455 g/mol. The van der Waals surface area contributed by atoms with Gasteiger partial charge < -0.3 is 0 Å². The lowest BCUT2D eigenvalue weighted by Crippen LogP contribution is -2.38. The van der Waals surface area contributed by atoms with Crippen molar-refractivity contribution in [3.63, 3.8) is 0 Å². The second-order valence-electron chi connectivity index (χ2n) is 5.26. The van der Waals surface area contributed by atoms with Crippen molar-refractivity contribution in [1.82, 2.24) is 24.3 Å². The summed E-state index contributed by atoms with van der Waals surface area (Å²) in [6, 6.07) is 9.77. The highest BCUT2D eigenvalue weighted by Gasteiger charge is 2.24. The molecule has 0 saturated carbocycles. The smallest absolute Gasteiger partial charge is 0.278 e. The molecule has 0 N–H and O–H groups in total. The molecule has 2 unspecified atom stereocenters. The van der Waals surface area contributed by atoms with Gasteiger partial charge in [-0.25, -0.2) is 9.78 Å². The lowest BCUT2D eigenvalue weighted by atomic mass is 10.1. The molecule has 0 fully saturated rings. The molecule has 0 bridgehead atoms. The van der Waals surface area contributed by atoms with Gasteiger partial charge in [-0.2, -0.15) is 0 Å². The summed E-state index contributed by atoms with van der Waals surface area (Å²) in [5.74, 6) is 0.365. The summed E-state index contributed by atoms with van der Waals surface area (Å²) in [7, 11) is 2.94. The van der Waals surface area contributed by atoms with E-state index in [2.05, 4.69) is 47.0 Å². The maximum absolute atomic E-state index is 12.3. The first-order valence-electron chi connectivity index (χ1n) is 7.05. The van der Waals surface area contributed by atoms with Gasteiger partial charge in [0.25, 0.3) is 5.56 Å². The van der Waals surface area contributed by atoms with Gasteiger partial charge in [0.15, 0.2) is 17.0 Å². The molecule has 7 nitrogen and oxygen atoms in total. The summed E-state index contributed by atoms with van der Waals surface area (Å²) in [4.78, 5) is 28.2. The Balaban J connectivity index is 2.11. The summed E-state index contributed by atoms with van der Waals surface area (Å²) in [5, 5.41) is 8.11. The van der Waals surface area contributed by atoms with Crippen LogP contribution in [0.3, 0.4) is 0 Å². The van der Waals surface area contributed by atoms with Gasteiger partial charge in [0.1, 0.15) is 0 Å². The van der Waals surface area contributed by atoms with Crippen molar-refractivity contribution in [2.45, 2.75) is 9.65 Å². The summed E-state index contributed by atoms with van der Waals surface area (Å²) < 4.78 is 2.26. The number of hydrogen-bond acceptors (Lipinski definition) is 5. The fourth-order valence-corrected chi connectivity index (χ4v) is 3.36. The fraction of sp³-hybridized carbons (Fsp3) is 0.267. The molecular formula is C15H13Br2N5O2. The predicted octanol–water partition coefficient (Wildman–Crippen LogP) is 1.99. The molecule has 3 aromatic rings. The average Bonchev–Trinajstić information content (AvgIpc) is 2.63. The van der Waals surface area contributed by atoms with Gasteiger partial charge in [0, 0.05) is 14.1 Å². The Bertz CT molecular complexity index is 1020. The summed E-state index contributed by atoms with van der Waals surface area (Å²) in [6.07, 6.45) is 0. The van der Waals surface area contributed by atoms with E-state index in [1.807, 2.05) is 30.3 Å². The highest BCUT2D eigenvalue weighted by atomic mass is 79.9. The molecule has 1 aromatic carbocycles. The molecule has 0 amide bonds. The first kappa shape index (κ1) is 17.0. The largest absolute Gasteiger partial charge is 0.332 e. The molecule has 2 aromatic heterocycles. The summed E-state index contributed by atoms with van der Waals surface area (Å²) in [6.45, 7) is 0. The Labute approximate surface area is 153 Å². The van der Waals surface area contributed by atoms with E-state index < -0.39 is 11.2 Å². The minimum absolute atomic E-state index is 0.102. The second kappa shape index (κ2) is 6.56. The van der Waals surface area contributed by atoms with E-state index in [9.17, 15) is 9.59 Å². The third-order valence-corrected chi connectivity index (χ3v) is 6.41. The zero-order chi connectivity index (χ0) is 17.4. The maximum atomic E-state index is 12.3. The van der Waals surface area contributed by atoms with Crippen LogP contribution in [0, 0.1) is 0 Å². The molecule has 124 valence electrons. The van der Waals surface area contributed by atoms with Crippen molar-refractivity contribution in [3.8, 4) is 0 Å². The fourth-order valence-electron chi connectivity index (χ4n) is 2.32. The molecular weight excluding hydrogens is 442 g/mol. The van der Waals surface area contributed by atoms with E-state index in [1.54, 1.807) is 0 Å². The molecule has 0 spiro atoms. The normalized spacial score (nSPS) is 13.8. The van der Waals surface area contributed by atoms with Crippen LogP contribution in [0.1, 0.15) is 21.0 Å². The molecule has 9 heteroatoms. The van der Waals surface area contributed by atoms with Crippen LogP contribution in [0.2, 0.25) is 0 Å². The molecule has 2 heterocycles. The van der Waals surface area contributed by atoms with Crippen molar-refractivity contribution in [1.29, 1.82) is 0 Å². The van der Waals surface area contributed by atoms with Gasteiger partial charge in [-0.3, -0.25) is 13.9 Å². The Morgan fingerprint density at radius 3 is 2.29 bits per heavy atom. The maximum Gasteiger partial charge on any atom is 0.332 e. The molecule has 24 heavy (non-hydrogen) atoms. The highest BCUT2D eigenvalue weighted by molar-refractivity contribution is 9.12. The minimum atomic E-state index is -0.491. The molecule has 0 aliphatic rings. The van der Waals surface area contributed by atoms with Gasteiger partial charge in [0.05, 0.1) is 9.65 Å². The van der Waals surface area contributed by atoms with E-state index in [0.717, 1.165) is 10.1 Å². The second-order valence-corrected chi connectivity index (χ2v) is 7.24. The number of alkyl halides is 2. The Hall–Kier alpha value is -1.87. The Morgan fingerprint density at radius 1 is 0.958 bits per heavy atom. The SMILES string of the molecule is Cn1c(=O)c2nc(C(Br)C(Br)c3ccccc3)nnc2n(C)c1=O. The number of fused-ring (bicyclic) bond motifs is 1. The van der Waals surface area contributed by atoms with Crippen LogP contribution >= 0.6 is 31.9 Å². The molecule has 0 saturated heterocycles.